The average molecular weight is 1670 g/mol. The number of unbranched alkanes of at least 4 members (excludes halogenated alkanes) is 1. The summed E-state index contributed by atoms with van der Waals surface area (Å²) in [6.45, 7) is 43.9. The quantitative estimate of drug-likeness (QED) is 0.0453. The molecule has 0 amide bonds. The third-order valence-electron chi connectivity index (χ3n) is 28.6. The van der Waals surface area contributed by atoms with Crippen LogP contribution in [-0.4, -0.2) is 22.2 Å². The Kier molecular flexibility index (Phi) is 41.1. The van der Waals surface area contributed by atoms with Crippen molar-refractivity contribution in [2.45, 2.75) is 295 Å². The molecule has 4 saturated carbocycles. The minimum Gasteiger partial charge on any atom is -0.481 e. The number of allylic oxidation sites excluding steroid dienone is 8. The highest BCUT2D eigenvalue weighted by Crippen LogP contribution is 2.51. The zero-order valence-corrected chi connectivity index (χ0v) is 79.6. The van der Waals surface area contributed by atoms with Gasteiger partial charge in [0.15, 0.2) is 0 Å². The van der Waals surface area contributed by atoms with Gasteiger partial charge in [0.1, 0.15) is 0 Å². The first-order chi connectivity index (χ1) is 60.5. The Labute approximate surface area is 757 Å². The van der Waals surface area contributed by atoms with Gasteiger partial charge in [-0.15, -0.1) is 0 Å². The van der Waals surface area contributed by atoms with Crippen LogP contribution in [0.1, 0.15) is 312 Å². The summed E-state index contributed by atoms with van der Waals surface area (Å²) in [6, 6.07) is 64.7. The first-order valence-electron chi connectivity index (χ1n) is 48.8. The van der Waals surface area contributed by atoms with E-state index in [9.17, 15) is 9.59 Å². The van der Waals surface area contributed by atoms with Crippen molar-refractivity contribution in [2.75, 3.05) is 0 Å². The highest BCUT2D eigenvalue weighted by molar-refractivity contribution is 5.97. The lowest BCUT2D eigenvalue weighted by Gasteiger charge is -2.46. The Bertz CT molecular complexity index is 5210. The third-order valence-corrected chi connectivity index (χ3v) is 28.6. The lowest BCUT2D eigenvalue weighted by Crippen LogP contribution is -2.36. The van der Waals surface area contributed by atoms with Gasteiger partial charge in [0.25, 0.3) is 0 Å². The van der Waals surface area contributed by atoms with Crippen LogP contribution in [0, 0.1) is 88.9 Å². The number of carbonyl (C=O) groups is 2. The van der Waals surface area contributed by atoms with Gasteiger partial charge in [-0.3, -0.25) is 4.79 Å². The molecule has 0 heterocycles. The topological polar surface area (TPSA) is 74.6 Å². The zero-order valence-electron chi connectivity index (χ0n) is 79.6. The lowest BCUT2D eigenvalue weighted by molar-refractivity contribution is -0.137. The molecular formula is C121H156O4. The number of rotatable bonds is 20. The van der Waals surface area contributed by atoms with Gasteiger partial charge in [-0.2, -0.15) is 0 Å². The molecule has 10 aromatic carbocycles. The summed E-state index contributed by atoms with van der Waals surface area (Å²) in [4.78, 5) is 20.9. The van der Waals surface area contributed by atoms with E-state index in [1.165, 1.54) is 252 Å². The Morgan fingerprint density at radius 3 is 1.46 bits per heavy atom. The van der Waals surface area contributed by atoms with Crippen molar-refractivity contribution in [1.29, 1.82) is 0 Å². The monoisotopic (exact) mass is 1670 g/mol. The molecule has 10 unspecified atom stereocenters. The maximum absolute atomic E-state index is 10.6. The predicted octanol–water partition coefficient (Wildman–Crippen LogP) is 35.1. The van der Waals surface area contributed by atoms with Crippen LogP contribution in [0.5, 0.6) is 0 Å². The molecule has 0 bridgehead atoms. The second-order valence-electron chi connectivity index (χ2n) is 37.2. The van der Waals surface area contributed by atoms with Gasteiger partial charge in [-0.25, -0.2) is 4.79 Å². The summed E-state index contributed by atoms with van der Waals surface area (Å²) in [5.74, 6) is 7.33. The van der Waals surface area contributed by atoms with Gasteiger partial charge in [-0.05, 0) is 325 Å². The highest BCUT2D eigenvalue weighted by atomic mass is 16.4. The number of benzene rings is 10. The Hall–Kier alpha value is -9.64. The van der Waals surface area contributed by atoms with Crippen molar-refractivity contribution in [3.8, 4) is 0 Å². The maximum Gasteiger partial charge on any atom is 0.328 e. The van der Waals surface area contributed by atoms with Crippen LogP contribution in [0.25, 0.3) is 60.8 Å². The second-order valence-corrected chi connectivity index (χ2v) is 37.2. The molecule has 10 atom stereocenters. The van der Waals surface area contributed by atoms with E-state index < -0.39 is 11.9 Å². The molecule has 0 spiro atoms. The van der Waals surface area contributed by atoms with E-state index in [0.29, 0.717) is 12.3 Å². The first-order valence-corrected chi connectivity index (χ1v) is 48.8. The first kappa shape index (κ1) is 99.1. The standard InChI is InChI=1S/C16H14O2.C15H26O2.C15H26.C15H20.C15H16.C15H22.2C15H16/c1-12-6-4-8-14-10-5-9-13(16(12)14)7-2-3-11-15(17)18;1-11-5-2-6-12-7-3-8-13(15(11)12)9-4-10-14(16)17;3*1-4-11(2)14-10-6-9-13-8-5-7-12(3)15(13)14;3*1-3-4-8-13-10-6-11-14-9-5-7-12(2)15(13)14/h2-11H,1H3,(H,17,18);11-13,15H,2-10H2,1H3,(H,16,17);12-15H,2,4-10H2,1,3H3;5,7-8,14H,2,4,6,9-10H2,1,3H3;5-10H,2,4H2,1,3H3;5,7,9,13H,3-4,6,8,10-11H2,1-2H3;4-11H,3H2,1-2H3;3-7,9-11H,8H2,1-2H3/b7-2+,11-3+;;;;;;8-4+;4-3+. The summed E-state index contributed by atoms with van der Waals surface area (Å²) in [5.41, 5.74) is 24.0. The van der Waals surface area contributed by atoms with Crippen LogP contribution in [0.2, 0.25) is 0 Å². The molecule has 2 N–H and O–H groups in total. The normalized spacial score (nSPS) is 20.4. The summed E-state index contributed by atoms with van der Waals surface area (Å²) >= 11 is 0. The van der Waals surface area contributed by atoms with Gasteiger partial charge >= 0.3 is 11.9 Å². The molecule has 16 rings (SSSR count). The SMILES string of the molecule is C/C=C/Cc1cccc2cccc(C)c12.C=C(CC)C1CCCC2CCCC(C)C21.C=C(CC)C1CCCc2cccc(C)c21.C=C(CC)c1cccc2cccc(C)c12.CC/C=C/c1cccc2cccc(C)c12.CC1CCCC2CCCC(CCCC(=O)O)C12.CCCCC1CCCc2cccc(C)c21.Cc1cccc2cccc(/C=C/C=C/C(=O)O)c12. The zero-order chi connectivity index (χ0) is 89.7. The summed E-state index contributed by atoms with van der Waals surface area (Å²) in [5, 5.41) is 27.8. The average Bonchev–Trinajstić information content (AvgIpc) is 0.824. The lowest BCUT2D eigenvalue weighted by atomic mass is 9.59. The Morgan fingerprint density at radius 2 is 0.904 bits per heavy atom. The van der Waals surface area contributed by atoms with Gasteiger partial charge in [-0.1, -0.05) is 387 Å². The molecule has 10 aromatic rings. The second kappa shape index (κ2) is 51.8. The molecule has 4 fully saturated rings. The van der Waals surface area contributed by atoms with Crippen molar-refractivity contribution in [1.82, 2.24) is 0 Å². The van der Waals surface area contributed by atoms with Crippen LogP contribution in [0.3, 0.4) is 0 Å². The largest absolute Gasteiger partial charge is 0.481 e. The van der Waals surface area contributed by atoms with Crippen LogP contribution in [-0.2, 0) is 28.9 Å². The summed E-state index contributed by atoms with van der Waals surface area (Å²) in [6.07, 6.45) is 52.2. The van der Waals surface area contributed by atoms with Crippen LogP contribution >= 0.6 is 0 Å². The predicted molar refractivity (Wildman–Crippen MR) is 546 cm³/mol. The minimum atomic E-state index is -0.936. The molecule has 4 nitrogen and oxygen atoms in total. The number of aryl methyl sites for hydroxylation is 8. The summed E-state index contributed by atoms with van der Waals surface area (Å²) in [7, 11) is 0. The molecular weight excluding hydrogens is 1520 g/mol. The number of carboxylic acids is 2. The minimum absolute atomic E-state index is 0.363. The van der Waals surface area contributed by atoms with E-state index in [1.807, 2.05) is 24.3 Å². The molecule has 0 aliphatic heterocycles. The van der Waals surface area contributed by atoms with Crippen LogP contribution in [0.4, 0.5) is 0 Å². The molecule has 0 saturated heterocycles. The van der Waals surface area contributed by atoms with Gasteiger partial charge < -0.3 is 10.2 Å². The molecule has 0 aromatic heterocycles. The van der Waals surface area contributed by atoms with Crippen molar-refractivity contribution in [3.05, 3.63) is 327 Å². The van der Waals surface area contributed by atoms with Gasteiger partial charge in [0.05, 0.1) is 0 Å². The van der Waals surface area contributed by atoms with E-state index in [4.69, 9.17) is 10.2 Å². The van der Waals surface area contributed by atoms with Crippen LogP contribution < -0.4 is 0 Å². The van der Waals surface area contributed by atoms with Crippen molar-refractivity contribution >= 4 is 72.8 Å². The van der Waals surface area contributed by atoms with Crippen molar-refractivity contribution in [2.24, 2.45) is 47.3 Å². The molecule has 125 heavy (non-hydrogen) atoms. The third kappa shape index (κ3) is 28.4. The smallest absolute Gasteiger partial charge is 0.328 e. The fourth-order valence-electron chi connectivity index (χ4n) is 22.3. The number of aliphatic carboxylic acids is 2. The number of fused-ring (bicyclic) bond motifs is 8. The van der Waals surface area contributed by atoms with Gasteiger partial charge in [0, 0.05) is 18.4 Å². The number of hydrogen-bond donors (Lipinski definition) is 2. The van der Waals surface area contributed by atoms with Crippen LogP contribution in [0.15, 0.2) is 249 Å². The fraction of sp³-hybridized carbons (Fsp3) is 0.438. The maximum atomic E-state index is 10.6. The van der Waals surface area contributed by atoms with E-state index in [0.717, 1.165) is 103 Å². The van der Waals surface area contributed by atoms with E-state index in [1.54, 1.807) is 33.9 Å². The fourth-order valence-corrected chi connectivity index (χ4v) is 22.3. The highest BCUT2D eigenvalue weighted by Gasteiger charge is 2.40. The number of carboxylic acid groups (broad SMARTS) is 2. The molecule has 6 aliphatic rings. The molecule has 0 radical (unpaired) electrons. The van der Waals surface area contributed by atoms with E-state index >= 15 is 0 Å². The molecule has 4 heteroatoms. The number of hydrogen-bond acceptors (Lipinski definition) is 2. The Morgan fingerprint density at radius 1 is 0.432 bits per heavy atom. The van der Waals surface area contributed by atoms with Crippen molar-refractivity contribution in [3.63, 3.8) is 0 Å². The van der Waals surface area contributed by atoms with E-state index in [2.05, 4.69) is 305 Å². The van der Waals surface area contributed by atoms with E-state index in [-0.39, 0.29) is 0 Å². The summed E-state index contributed by atoms with van der Waals surface area (Å²) < 4.78 is 0. The molecule has 664 valence electrons. The van der Waals surface area contributed by atoms with Crippen molar-refractivity contribution < 1.29 is 19.8 Å². The Balaban J connectivity index is 0.000000162. The van der Waals surface area contributed by atoms with Gasteiger partial charge in [0.2, 0.25) is 0 Å². The molecule has 6 aliphatic carbocycles.